The predicted molar refractivity (Wildman–Crippen MR) is 61.4 cm³/mol. The van der Waals surface area contributed by atoms with Crippen LogP contribution in [0.2, 0.25) is 0 Å². The number of oxazole rings is 1. The second kappa shape index (κ2) is 4.18. The van der Waals surface area contributed by atoms with E-state index in [2.05, 4.69) is 15.6 Å². The molecule has 3 heterocycles. The zero-order valence-electron chi connectivity index (χ0n) is 9.75. The molecule has 2 aliphatic heterocycles. The molecular formula is C12H19N3O. The molecule has 0 spiro atoms. The molecule has 16 heavy (non-hydrogen) atoms. The Balaban J connectivity index is 1.79. The molecule has 1 unspecified atom stereocenters. The SMILES string of the molecule is Cc1oc(C2CNC2)nc1C1CCCCN1. The highest BCUT2D eigenvalue weighted by atomic mass is 16.4. The van der Waals surface area contributed by atoms with Gasteiger partial charge in [0.1, 0.15) is 5.76 Å². The van der Waals surface area contributed by atoms with Gasteiger partial charge in [-0.2, -0.15) is 0 Å². The van der Waals surface area contributed by atoms with E-state index in [-0.39, 0.29) is 0 Å². The van der Waals surface area contributed by atoms with Crippen molar-refractivity contribution in [2.45, 2.75) is 38.1 Å². The molecular weight excluding hydrogens is 202 g/mol. The van der Waals surface area contributed by atoms with Crippen molar-refractivity contribution in [3.05, 3.63) is 17.3 Å². The monoisotopic (exact) mass is 221 g/mol. The molecule has 2 N–H and O–H groups in total. The molecule has 88 valence electrons. The molecule has 3 rings (SSSR count). The summed E-state index contributed by atoms with van der Waals surface area (Å²) in [4.78, 5) is 4.69. The van der Waals surface area contributed by atoms with Crippen LogP contribution in [0.1, 0.15) is 48.6 Å². The van der Waals surface area contributed by atoms with Gasteiger partial charge in [-0.05, 0) is 26.3 Å². The number of nitrogens with one attached hydrogen (secondary N) is 2. The summed E-state index contributed by atoms with van der Waals surface area (Å²) in [5.41, 5.74) is 1.14. The van der Waals surface area contributed by atoms with E-state index in [0.717, 1.165) is 37.0 Å². The summed E-state index contributed by atoms with van der Waals surface area (Å²) >= 11 is 0. The summed E-state index contributed by atoms with van der Waals surface area (Å²) in [6.07, 6.45) is 3.77. The minimum Gasteiger partial charge on any atom is -0.445 e. The molecule has 0 aliphatic carbocycles. The minimum absolute atomic E-state index is 0.416. The summed E-state index contributed by atoms with van der Waals surface area (Å²) < 4.78 is 5.78. The number of aryl methyl sites for hydroxylation is 1. The van der Waals surface area contributed by atoms with Crippen LogP contribution >= 0.6 is 0 Å². The Labute approximate surface area is 95.8 Å². The first kappa shape index (κ1) is 10.3. The van der Waals surface area contributed by atoms with Crippen molar-refractivity contribution in [1.82, 2.24) is 15.6 Å². The molecule has 2 saturated heterocycles. The topological polar surface area (TPSA) is 50.1 Å². The van der Waals surface area contributed by atoms with Gasteiger partial charge in [0.25, 0.3) is 0 Å². The Bertz CT molecular complexity index is 364. The van der Waals surface area contributed by atoms with Crippen LogP contribution in [0.4, 0.5) is 0 Å². The highest BCUT2D eigenvalue weighted by Gasteiger charge is 2.28. The molecule has 2 aliphatic rings. The number of rotatable bonds is 2. The van der Waals surface area contributed by atoms with Gasteiger partial charge in [-0.3, -0.25) is 0 Å². The zero-order chi connectivity index (χ0) is 11.0. The summed E-state index contributed by atoms with van der Waals surface area (Å²) in [5.74, 6) is 2.43. The lowest BCUT2D eigenvalue weighted by atomic mass is 10.0. The van der Waals surface area contributed by atoms with E-state index >= 15 is 0 Å². The van der Waals surface area contributed by atoms with E-state index in [1.165, 1.54) is 19.3 Å². The first-order valence-electron chi connectivity index (χ1n) is 6.26. The van der Waals surface area contributed by atoms with Gasteiger partial charge in [0, 0.05) is 13.1 Å². The maximum absolute atomic E-state index is 5.78. The summed E-state index contributed by atoms with van der Waals surface area (Å²) in [6, 6.07) is 0.416. The minimum atomic E-state index is 0.416. The number of aromatic nitrogens is 1. The Hall–Kier alpha value is -0.870. The fourth-order valence-electron chi connectivity index (χ4n) is 2.48. The first-order valence-corrected chi connectivity index (χ1v) is 6.26. The van der Waals surface area contributed by atoms with Crippen molar-refractivity contribution >= 4 is 0 Å². The molecule has 1 aromatic heterocycles. The van der Waals surface area contributed by atoms with Crippen LogP contribution < -0.4 is 10.6 Å². The summed E-state index contributed by atoms with van der Waals surface area (Å²) in [7, 11) is 0. The average Bonchev–Trinajstić information content (AvgIpc) is 2.59. The van der Waals surface area contributed by atoms with Crippen molar-refractivity contribution < 1.29 is 4.42 Å². The van der Waals surface area contributed by atoms with Crippen molar-refractivity contribution in [3.63, 3.8) is 0 Å². The van der Waals surface area contributed by atoms with Crippen molar-refractivity contribution in [1.29, 1.82) is 0 Å². The van der Waals surface area contributed by atoms with Crippen LogP contribution in [-0.2, 0) is 0 Å². The molecule has 1 aromatic rings. The fraction of sp³-hybridized carbons (Fsp3) is 0.750. The lowest BCUT2D eigenvalue weighted by Gasteiger charge is -2.24. The smallest absolute Gasteiger partial charge is 0.200 e. The maximum atomic E-state index is 5.78. The molecule has 0 radical (unpaired) electrons. The lowest BCUT2D eigenvalue weighted by Crippen LogP contribution is -2.40. The predicted octanol–water partition coefficient (Wildman–Crippen LogP) is 1.48. The number of hydrogen-bond donors (Lipinski definition) is 2. The first-order chi connectivity index (χ1) is 7.84. The second-order valence-electron chi connectivity index (χ2n) is 4.85. The van der Waals surface area contributed by atoms with Crippen molar-refractivity contribution in [2.75, 3.05) is 19.6 Å². The molecule has 0 aromatic carbocycles. The van der Waals surface area contributed by atoms with Gasteiger partial charge in [-0.1, -0.05) is 6.42 Å². The fourth-order valence-corrected chi connectivity index (χ4v) is 2.48. The Kier molecular flexibility index (Phi) is 2.69. The Morgan fingerprint density at radius 3 is 2.81 bits per heavy atom. The highest BCUT2D eigenvalue weighted by molar-refractivity contribution is 5.16. The third-order valence-corrected chi connectivity index (χ3v) is 3.62. The Morgan fingerprint density at radius 1 is 1.31 bits per heavy atom. The van der Waals surface area contributed by atoms with Gasteiger partial charge in [0.15, 0.2) is 5.89 Å². The molecule has 2 fully saturated rings. The van der Waals surface area contributed by atoms with E-state index in [1.807, 2.05) is 6.92 Å². The van der Waals surface area contributed by atoms with Crippen LogP contribution in [0.5, 0.6) is 0 Å². The number of piperidine rings is 1. The molecule has 4 nitrogen and oxygen atoms in total. The van der Waals surface area contributed by atoms with Gasteiger partial charge in [-0.25, -0.2) is 4.98 Å². The quantitative estimate of drug-likeness (QED) is 0.794. The largest absolute Gasteiger partial charge is 0.445 e. The molecule has 0 bridgehead atoms. The summed E-state index contributed by atoms with van der Waals surface area (Å²) in [5, 5.41) is 6.78. The molecule has 1 atom stereocenters. The Morgan fingerprint density at radius 2 is 2.19 bits per heavy atom. The van der Waals surface area contributed by atoms with Crippen LogP contribution in [0, 0.1) is 6.92 Å². The normalized spacial score (nSPS) is 26.7. The maximum Gasteiger partial charge on any atom is 0.200 e. The van der Waals surface area contributed by atoms with E-state index in [0.29, 0.717) is 12.0 Å². The lowest BCUT2D eigenvalue weighted by molar-refractivity contribution is 0.350. The van der Waals surface area contributed by atoms with Crippen LogP contribution in [-0.4, -0.2) is 24.6 Å². The number of hydrogen-bond acceptors (Lipinski definition) is 4. The zero-order valence-corrected chi connectivity index (χ0v) is 9.75. The van der Waals surface area contributed by atoms with Crippen molar-refractivity contribution in [2.24, 2.45) is 0 Å². The standard InChI is InChI=1S/C12H19N3O/c1-8-11(10-4-2-3-5-14-10)15-12(16-8)9-6-13-7-9/h9-10,13-14H,2-7H2,1H3. The van der Waals surface area contributed by atoms with E-state index < -0.39 is 0 Å². The van der Waals surface area contributed by atoms with E-state index in [4.69, 9.17) is 4.42 Å². The van der Waals surface area contributed by atoms with Gasteiger partial charge in [0.05, 0.1) is 17.7 Å². The second-order valence-corrected chi connectivity index (χ2v) is 4.85. The molecule has 4 heteroatoms. The van der Waals surface area contributed by atoms with Crippen molar-refractivity contribution in [3.8, 4) is 0 Å². The van der Waals surface area contributed by atoms with E-state index in [9.17, 15) is 0 Å². The number of nitrogens with zero attached hydrogens (tertiary/aromatic N) is 1. The van der Waals surface area contributed by atoms with Gasteiger partial charge < -0.3 is 15.1 Å². The summed E-state index contributed by atoms with van der Waals surface area (Å²) in [6.45, 7) is 5.17. The van der Waals surface area contributed by atoms with E-state index in [1.54, 1.807) is 0 Å². The van der Waals surface area contributed by atoms with Gasteiger partial charge >= 0.3 is 0 Å². The van der Waals surface area contributed by atoms with Crippen LogP contribution in [0.3, 0.4) is 0 Å². The van der Waals surface area contributed by atoms with Crippen LogP contribution in [0.15, 0.2) is 4.42 Å². The van der Waals surface area contributed by atoms with Crippen LogP contribution in [0.25, 0.3) is 0 Å². The van der Waals surface area contributed by atoms with Gasteiger partial charge in [0.2, 0.25) is 0 Å². The third-order valence-electron chi connectivity index (χ3n) is 3.62. The average molecular weight is 221 g/mol. The molecule has 0 amide bonds. The van der Waals surface area contributed by atoms with Gasteiger partial charge in [-0.15, -0.1) is 0 Å². The highest BCUT2D eigenvalue weighted by Crippen LogP contribution is 2.28. The third kappa shape index (κ3) is 1.76. The molecule has 0 saturated carbocycles.